The molecule has 0 spiro atoms. The van der Waals surface area contributed by atoms with Gasteiger partial charge in [-0.3, -0.25) is 0 Å². The first kappa shape index (κ1) is 13.2. The summed E-state index contributed by atoms with van der Waals surface area (Å²) < 4.78 is 10.6. The molecule has 106 valence electrons. The minimum Gasteiger partial charge on any atom is -0.497 e. The molecular formula is C16H20N2O2. The average molecular weight is 272 g/mol. The minimum absolute atomic E-state index is 0.360. The maximum Gasteiger partial charge on any atom is 0.150 e. The van der Waals surface area contributed by atoms with Gasteiger partial charge in [0.1, 0.15) is 5.75 Å². The maximum absolute atomic E-state index is 5.34. The molecular weight excluding hydrogens is 252 g/mol. The van der Waals surface area contributed by atoms with Gasteiger partial charge >= 0.3 is 0 Å². The Morgan fingerprint density at radius 3 is 3.05 bits per heavy atom. The highest BCUT2D eigenvalue weighted by atomic mass is 16.5. The SMILES string of the molecule is COc1ccc2c(c1)C(NCc1cc(C)no1)CCC2. The highest BCUT2D eigenvalue weighted by molar-refractivity contribution is 5.39. The number of benzene rings is 1. The average Bonchev–Trinajstić information content (AvgIpc) is 2.90. The predicted octanol–water partition coefficient (Wildman–Crippen LogP) is 3.16. The molecule has 0 bridgehead atoms. The molecule has 3 rings (SSSR count). The third-order valence-electron chi connectivity index (χ3n) is 3.87. The molecule has 1 unspecified atom stereocenters. The van der Waals surface area contributed by atoms with Gasteiger partial charge in [0.2, 0.25) is 0 Å². The Balaban J connectivity index is 1.75. The van der Waals surface area contributed by atoms with E-state index in [4.69, 9.17) is 9.26 Å². The number of methoxy groups -OCH3 is 1. The van der Waals surface area contributed by atoms with E-state index < -0.39 is 0 Å². The van der Waals surface area contributed by atoms with Crippen molar-refractivity contribution < 1.29 is 9.26 Å². The Kier molecular flexibility index (Phi) is 3.74. The van der Waals surface area contributed by atoms with Gasteiger partial charge in [0, 0.05) is 12.1 Å². The third kappa shape index (κ3) is 2.70. The van der Waals surface area contributed by atoms with Crippen molar-refractivity contribution in [1.29, 1.82) is 0 Å². The van der Waals surface area contributed by atoms with Crippen LogP contribution in [-0.4, -0.2) is 12.3 Å². The lowest BCUT2D eigenvalue weighted by molar-refractivity contribution is 0.352. The van der Waals surface area contributed by atoms with Crippen LogP contribution in [0.25, 0.3) is 0 Å². The van der Waals surface area contributed by atoms with Gasteiger partial charge in [0.15, 0.2) is 5.76 Å². The number of fused-ring (bicyclic) bond motifs is 1. The van der Waals surface area contributed by atoms with Gasteiger partial charge < -0.3 is 14.6 Å². The lowest BCUT2D eigenvalue weighted by Crippen LogP contribution is -2.24. The first-order chi connectivity index (χ1) is 9.76. The molecule has 0 aliphatic heterocycles. The number of aromatic nitrogens is 1. The smallest absolute Gasteiger partial charge is 0.150 e. The largest absolute Gasteiger partial charge is 0.497 e. The van der Waals surface area contributed by atoms with E-state index in [9.17, 15) is 0 Å². The van der Waals surface area contributed by atoms with Crippen molar-refractivity contribution >= 4 is 0 Å². The van der Waals surface area contributed by atoms with E-state index in [1.807, 2.05) is 19.1 Å². The second-order valence-corrected chi connectivity index (χ2v) is 5.33. The zero-order valence-corrected chi connectivity index (χ0v) is 12.0. The van der Waals surface area contributed by atoms with Crippen LogP contribution in [0.15, 0.2) is 28.8 Å². The highest BCUT2D eigenvalue weighted by Crippen LogP contribution is 2.32. The van der Waals surface area contributed by atoms with Gasteiger partial charge in [-0.1, -0.05) is 11.2 Å². The van der Waals surface area contributed by atoms with E-state index >= 15 is 0 Å². The van der Waals surface area contributed by atoms with Crippen molar-refractivity contribution in [2.24, 2.45) is 0 Å². The maximum atomic E-state index is 5.34. The van der Waals surface area contributed by atoms with Crippen molar-refractivity contribution in [3.8, 4) is 5.75 Å². The molecule has 1 aliphatic rings. The fourth-order valence-corrected chi connectivity index (χ4v) is 2.84. The Hall–Kier alpha value is -1.81. The molecule has 1 heterocycles. The minimum atomic E-state index is 0.360. The van der Waals surface area contributed by atoms with Gasteiger partial charge in [-0.15, -0.1) is 0 Å². The Morgan fingerprint density at radius 2 is 2.30 bits per heavy atom. The summed E-state index contributed by atoms with van der Waals surface area (Å²) in [7, 11) is 1.71. The molecule has 1 aliphatic carbocycles. The van der Waals surface area contributed by atoms with E-state index in [0.29, 0.717) is 12.6 Å². The number of hydrogen-bond donors (Lipinski definition) is 1. The third-order valence-corrected chi connectivity index (χ3v) is 3.87. The van der Waals surface area contributed by atoms with Crippen LogP contribution >= 0.6 is 0 Å². The molecule has 0 saturated carbocycles. The summed E-state index contributed by atoms with van der Waals surface area (Å²) in [6.45, 7) is 2.65. The number of nitrogens with one attached hydrogen (secondary N) is 1. The summed E-state index contributed by atoms with van der Waals surface area (Å²) in [5.74, 6) is 1.81. The number of rotatable bonds is 4. The fourth-order valence-electron chi connectivity index (χ4n) is 2.84. The normalized spacial score (nSPS) is 17.8. The summed E-state index contributed by atoms with van der Waals surface area (Å²) in [4.78, 5) is 0. The zero-order valence-electron chi connectivity index (χ0n) is 12.0. The number of aryl methyl sites for hydroxylation is 2. The molecule has 0 radical (unpaired) electrons. The summed E-state index contributed by atoms with van der Waals surface area (Å²) >= 11 is 0. The molecule has 20 heavy (non-hydrogen) atoms. The molecule has 1 aromatic carbocycles. The van der Waals surface area contributed by atoms with Crippen LogP contribution in [0, 0.1) is 6.92 Å². The van der Waals surface area contributed by atoms with Gasteiger partial charge in [-0.05, 0) is 49.4 Å². The molecule has 1 aromatic heterocycles. The van der Waals surface area contributed by atoms with Crippen LogP contribution in [-0.2, 0) is 13.0 Å². The van der Waals surface area contributed by atoms with Crippen LogP contribution in [0.1, 0.15) is 41.5 Å². The molecule has 0 saturated heterocycles. The lowest BCUT2D eigenvalue weighted by atomic mass is 9.87. The molecule has 1 atom stereocenters. The standard InChI is InChI=1S/C16H20N2O2/c1-11-8-14(20-18-11)10-17-16-5-3-4-12-6-7-13(19-2)9-15(12)16/h6-9,16-17H,3-5,10H2,1-2H3. The van der Waals surface area contributed by atoms with Gasteiger partial charge in [0.05, 0.1) is 19.3 Å². The quantitative estimate of drug-likeness (QED) is 0.928. The topological polar surface area (TPSA) is 47.3 Å². The van der Waals surface area contributed by atoms with E-state index in [1.54, 1.807) is 7.11 Å². The molecule has 0 fully saturated rings. The Bertz CT molecular complexity index is 592. The van der Waals surface area contributed by atoms with Crippen LogP contribution < -0.4 is 10.1 Å². The van der Waals surface area contributed by atoms with Gasteiger partial charge in [-0.2, -0.15) is 0 Å². The van der Waals surface area contributed by atoms with Crippen molar-refractivity contribution in [2.75, 3.05) is 7.11 Å². The van der Waals surface area contributed by atoms with Crippen LogP contribution in [0.2, 0.25) is 0 Å². The number of ether oxygens (including phenoxy) is 1. The second kappa shape index (κ2) is 5.67. The Morgan fingerprint density at radius 1 is 1.40 bits per heavy atom. The fraction of sp³-hybridized carbons (Fsp3) is 0.438. The van der Waals surface area contributed by atoms with Crippen LogP contribution in [0.5, 0.6) is 5.75 Å². The van der Waals surface area contributed by atoms with Crippen LogP contribution in [0.4, 0.5) is 0 Å². The van der Waals surface area contributed by atoms with E-state index in [2.05, 4.69) is 22.6 Å². The van der Waals surface area contributed by atoms with Crippen LogP contribution in [0.3, 0.4) is 0 Å². The molecule has 4 nitrogen and oxygen atoms in total. The monoisotopic (exact) mass is 272 g/mol. The van der Waals surface area contributed by atoms with Gasteiger partial charge in [-0.25, -0.2) is 0 Å². The second-order valence-electron chi connectivity index (χ2n) is 5.33. The van der Waals surface area contributed by atoms with E-state index in [0.717, 1.165) is 30.0 Å². The summed E-state index contributed by atoms with van der Waals surface area (Å²) in [5, 5.41) is 7.49. The van der Waals surface area contributed by atoms with Gasteiger partial charge in [0.25, 0.3) is 0 Å². The first-order valence-electron chi connectivity index (χ1n) is 7.08. The summed E-state index contributed by atoms with van der Waals surface area (Å²) in [5.41, 5.74) is 3.70. The molecule has 1 N–H and O–H groups in total. The first-order valence-corrected chi connectivity index (χ1v) is 7.08. The summed E-state index contributed by atoms with van der Waals surface area (Å²) in [6, 6.07) is 8.71. The molecule has 4 heteroatoms. The molecule has 2 aromatic rings. The number of hydrogen-bond acceptors (Lipinski definition) is 4. The number of nitrogens with zero attached hydrogens (tertiary/aromatic N) is 1. The Labute approximate surface area is 119 Å². The predicted molar refractivity (Wildman–Crippen MR) is 76.8 cm³/mol. The van der Waals surface area contributed by atoms with E-state index in [1.165, 1.54) is 17.5 Å². The van der Waals surface area contributed by atoms with Crippen molar-refractivity contribution in [1.82, 2.24) is 10.5 Å². The van der Waals surface area contributed by atoms with E-state index in [-0.39, 0.29) is 0 Å². The molecule has 0 amide bonds. The zero-order chi connectivity index (χ0) is 13.9. The highest BCUT2D eigenvalue weighted by Gasteiger charge is 2.20. The van der Waals surface area contributed by atoms with Crippen molar-refractivity contribution in [3.63, 3.8) is 0 Å². The lowest BCUT2D eigenvalue weighted by Gasteiger charge is -2.26. The van der Waals surface area contributed by atoms with Crippen molar-refractivity contribution in [3.05, 3.63) is 46.8 Å². The summed E-state index contributed by atoms with van der Waals surface area (Å²) in [6.07, 6.45) is 3.51. The van der Waals surface area contributed by atoms with Crippen molar-refractivity contribution in [2.45, 2.75) is 38.8 Å².